The summed E-state index contributed by atoms with van der Waals surface area (Å²) in [6.45, 7) is 8.68. The first-order valence-corrected chi connectivity index (χ1v) is 10.4. The molecule has 1 heterocycles. The third-order valence-electron chi connectivity index (χ3n) is 5.01. The maximum atomic E-state index is 11.3. The van der Waals surface area contributed by atoms with Crippen molar-refractivity contribution in [1.82, 2.24) is 10.2 Å². The summed E-state index contributed by atoms with van der Waals surface area (Å²) in [7, 11) is 1.69. The number of ether oxygens (including phenoxy) is 1. The molecule has 1 aliphatic rings. The predicted octanol–water partition coefficient (Wildman–Crippen LogP) is 2.94. The number of piperazine rings is 1. The molecule has 2 N–H and O–H groups in total. The molecule has 0 bridgehead atoms. The Morgan fingerprint density at radius 2 is 1.83 bits per heavy atom. The summed E-state index contributed by atoms with van der Waals surface area (Å²) in [4.78, 5) is 20.8. The van der Waals surface area contributed by atoms with Crippen molar-refractivity contribution in [1.29, 1.82) is 0 Å². The molecule has 0 unspecified atom stereocenters. The Balaban J connectivity index is 1.61. The Morgan fingerprint density at radius 1 is 1.10 bits per heavy atom. The lowest BCUT2D eigenvalue weighted by Gasteiger charge is -2.37. The van der Waals surface area contributed by atoms with Gasteiger partial charge in [0, 0.05) is 51.0 Å². The number of aliphatic imine (C=N–C) groups is 1. The fraction of sp³-hybridized carbons (Fsp3) is 0.391. The van der Waals surface area contributed by atoms with Crippen LogP contribution in [0.4, 0.5) is 11.4 Å². The van der Waals surface area contributed by atoms with Gasteiger partial charge in [-0.05, 0) is 48.9 Å². The number of carbonyl (C=O) groups excluding carboxylic acids is 1. The molecule has 2 aromatic carbocycles. The Labute approximate surface area is 178 Å². The summed E-state index contributed by atoms with van der Waals surface area (Å²) in [6.07, 6.45) is 0. The second-order valence-corrected chi connectivity index (χ2v) is 7.22. The lowest BCUT2D eigenvalue weighted by molar-refractivity contribution is -0.114. The number of rotatable bonds is 6. The monoisotopic (exact) mass is 409 g/mol. The highest BCUT2D eigenvalue weighted by Crippen LogP contribution is 2.20. The fourth-order valence-electron chi connectivity index (χ4n) is 3.51. The number of carbonyl (C=O) groups is 1. The average molecular weight is 410 g/mol. The third kappa shape index (κ3) is 5.89. The molecule has 1 aliphatic heterocycles. The molecule has 1 saturated heterocycles. The number of amides is 1. The smallest absolute Gasteiger partial charge is 0.221 e. The molecule has 0 aromatic heterocycles. The van der Waals surface area contributed by atoms with Crippen molar-refractivity contribution in [3.8, 4) is 5.75 Å². The second kappa shape index (κ2) is 10.5. The van der Waals surface area contributed by atoms with Crippen LogP contribution in [0.25, 0.3) is 0 Å². The van der Waals surface area contributed by atoms with Gasteiger partial charge in [0.15, 0.2) is 5.96 Å². The van der Waals surface area contributed by atoms with E-state index >= 15 is 0 Å². The van der Waals surface area contributed by atoms with Gasteiger partial charge in [-0.25, -0.2) is 4.99 Å². The van der Waals surface area contributed by atoms with Crippen molar-refractivity contribution < 1.29 is 9.53 Å². The van der Waals surface area contributed by atoms with E-state index in [1.54, 1.807) is 7.11 Å². The summed E-state index contributed by atoms with van der Waals surface area (Å²) in [5.74, 6) is 1.73. The Morgan fingerprint density at radius 3 is 2.47 bits per heavy atom. The molecule has 7 heteroatoms. The number of nitrogens with one attached hydrogen (secondary N) is 2. The molecule has 0 aliphatic carbocycles. The van der Waals surface area contributed by atoms with E-state index in [1.807, 2.05) is 36.4 Å². The van der Waals surface area contributed by atoms with Gasteiger partial charge in [-0.15, -0.1) is 0 Å². The highest BCUT2D eigenvalue weighted by atomic mass is 16.5. The van der Waals surface area contributed by atoms with Crippen LogP contribution in [-0.4, -0.2) is 56.6 Å². The number of hydrogen-bond acceptors (Lipinski definition) is 4. The van der Waals surface area contributed by atoms with Crippen LogP contribution in [0, 0.1) is 0 Å². The zero-order chi connectivity index (χ0) is 21.3. The maximum absolute atomic E-state index is 11.3. The summed E-state index contributed by atoms with van der Waals surface area (Å²) >= 11 is 0. The van der Waals surface area contributed by atoms with Gasteiger partial charge in [-0.2, -0.15) is 0 Å². The van der Waals surface area contributed by atoms with E-state index in [0.29, 0.717) is 6.54 Å². The van der Waals surface area contributed by atoms with Crippen molar-refractivity contribution in [3.63, 3.8) is 0 Å². The van der Waals surface area contributed by atoms with Crippen molar-refractivity contribution >= 4 is 23.2 Å². The van der Waals surface area contributed by atoms with Gasteiger partial charge >= 0.3 is 0 Å². The molecule has 0 atom stereocenters. The number of benzene rings is 2. The molecule has 30 heavy (non-hydrogen) atoms. The van der Waals surface area contributed by atoms with E-state index in [-0.39, 0.29) is 5.91 Å². The second-order valence-electron chi connectivity index (χ2n) is 7.22. The molecule has 160 valence electrons. The van der Waals surface area contributed by atoms with Crippen LogP contribution in [0.5, 0.6) is 5.75 Å². The van der Waals surface area contributed by atoms with Crippen molar-refractivity contribution in [2.45, 2.75) is 20.4 Å². The minimum absolute atomic E-state index is 0.0706. The number of hydrogen-bond donors (Lipinski definition) is 2. The van der Waals surface area contributed by atoms with Crippen LogP contribution in [0.3, 0.4) is 0 Å². The number of guanidine groups is 1. The minimum atomic E-state index is -0.0706. The molecular formula is C23H31N5O2. The standard InChI is InChI=1S/C23H31N5O2/c1-4-24-23(25-17-19-6-5-7-20(16-19)26-18(2)29)28-14-12-27(13-15-28)21-8-10-22(30-3)11-9-21/h5-11,16H,4,12-15,17H2,1-3H3,(H,24,25)(H,26,29). The Bertz CT molecular complexity index is 858. The van der Waals surface area contributed by atoms with Gasteiger partial charge in [-0.3, -0.25) is 4.79 Å². The van der Waals surface area contributed by atoms with E-state index in [1.165, 1.54) is 12.6 Å². The Kier molecular flexibility index (Phi) is 7.54. The fourth-order valence-corrected chi connectivity index (χ4v) is 3.51. The first-order chi connectivity index (χ1) is 14.6. The molecular weight excluding hydrogens is 378 g/mol. The van der Waals surface area contributed by atoms with Gasteiger partial charge < -0.3 is 25.2 Å². The zero-order valence-electron chi connectivity index (χ0n) is 18.0. The zero-order valence-corrected chi connectivity index (χ0v) is 18.0. The van der Waals surface area contributed by atoms with Gasteiger partial charge in [0.05, 0.1) is 13.7 Å². The summed E-state index contributed by atoms with van der Waals surface area (Å²) < 4.78 is 5.25. The number of methoxy groups -OCH3 is 1. The molecule has 3 rings (SSSR count). The van der Waals surface area contributed by atoms with Gasteiger partial charge in [0.2, 0.25) is 5.91 Å². The molecule has 7 nitrogen and oxygen atoms in total. The van der Waals surface area contributed by atoms with Crippen LogP contribution in [0.2, 0.25) is 0 Å². The first kappa shape index (κ1) is 21.5. The predicted molar refractivity (Wildman–Crippen MR) is 122 cm³/mol. The molecule has 0 spiro atoms. The lowest BCUT2D eigenvalue weighted by atomic mass is 10.2. The molecule has 2 aromatic rings. The van der Waals surface area contributed by atoms with Crippen molar-refractivity contribution in [2.75, 3.05) is 50.1 Å². The number of anilines is 2. The maximum Gasteiger partial charge on any atom is 0.221 e. The first-order valence-electron chi connectivity index (χ1n) is 10.4. The average Bonchev–Trinajstić information content (AvgIpc) is 2.77. The summed E-state index contributed by atoms with van der Waals surface area (Å²) in [5.41, 5.74) is 3.08. The highest BCUT2D eigenvalue weighted by Gasteiger charge is 2.19. The third-order valence-corrected chi connectivity index (χ3v) is 5.01. The summed E-state index contributed by atoms with van der Waals surface area (Å²) in [6, 6.07) is 16.0. The molecule has 1 amide bonds. The lowest BCUT2D eigenvalue weighted by Crippen LogP contribution is -2.52. The summed E-state index contributed by atoms with van der Waals surface area (Å²) in [5, 5.41) is 6.23. The SMILES string of the molecule is CCNC(=NCc1cccc(NC(C)=O)c1)N1CCN(c2ccc(OC)cc2)CC1. The molecule has 0 radical (unpaired) electrons. The van der Waals surface area contributed by atoms with E-state index < -0.39 is 0 Å². The minimum Gasteiger partial charge on any atom is -0.497 e. The van der Waals surface area contributed by atoms with E-state index in [9.17, 15) is 4.79 Å². The van der Waals surface area contributed by atoms with Crippen LogP contribution < -0.4 is 20.3 Å². The van der Waals surface area contributed by atoms with Gasteiger partial charge in [0.25, 0.3) is 0 Å². The quantitative estimate of drug-likeness (QED) is 0.567. The van der Waals surface area contributed by atoms with Crippen LogP contribution in [0.1, 0.15) is 19.4 Å². The normalized spacial score (nSPS) is 14.4. The molecule has 0 saturated carbocycles. The van der Waals surface area contributed by atoms with Crippen molar-refractivity contribution in [2.24, 2.45) is 4.99 Å². The van der Waals surface area contributed by atoms with E-state index in [4.69, 9.17) is 9.73 Å². The van der Waals surface area contributed by atoms with Crippen LogP contribution in [0.15, 0.2) is 53.5 Å². The largest absolute Gasteiger partial charge is 0.497 e. The van der Waals surface area contributed by atoms with E-state index in [0.717, 1.165) is 55.7 Å². The topological polar surface area (TPSA) is 69.2 Å². The number of nitrogens with zero attached hydrogens (tertiary/aromatic N) is 3. The van der Waals surface area contributed by atoms with Crippen molar-refractivity contribution in [3.05, 3.63) is 54.1 Å². The van der Waals surface area contributed by atoms with Gasteiger partial charge in [0.1, 0.15) is 5.75 Å². The van der Waals surface area contributed by atoms with E-state index in [2.05, 4.69) is 39.5 Å². The van der Waals surface area contributed by atoms with Crippen LogP contribution >= 0.6 is 0 Å². The Hall–Kier alpha value is -3.22. The van der Waals surface area contributed by atoms with Crippen LogP contribution in [-0.2, 0) is 11.3 Å². The van der Waals surface area contributed by atoms with Gasteiger partial charge in [-0.1, -0.05) is 12.1 Å². The highest BCUT2D eigenvalue weighted by molar-refractivity contribution is 5.88. The molecule has 1 fully saturated rings.